The van der Waals surface area contributed by atoms with Gasteiger partial charge in [-0.1, -0.05) is 30.7 Å². The Balaban J connectivity index is 2.59. The molecule has 2 aromatic rings. The maximum atomic E-state index is 14.4. The molecular formula is C17H19ClFN. The van der Waals surface area contributed by atoms with Crippen LogP contribution in [-0.2, 0) is 6.54 Å². The Labute approximate surface area is 124 Å². The molecule has 0 aliphatic heterocycles. The van der Waals surface area contributed by atoms with E-state index in [2.05, 4.69) is 5.32 Å². The quantitative estimate of drug-likeness (QED) is 0.847. The molecule has 0 atom stereocenters. The van der Waals surface area contributed by atoms with Crippen molar-refractivity contribution in [3.63, 3.8) is 0 Å². The summed E-state index contributed by atoms with van der Waals surface area (Å²) in [4.78, 5) is 0. The molecule has 0 aliphatic rings. The summed E-state index contributed by atoms with van der Waals surface area (Å²) in [6.45, 7) is 7.46. The van der Waals surface area contributed by atoms with Crippen LogP contribution >= 0.6 is 11.6 Å². The standard InChI is InChI=1S/C17H19ClFN/c1-4-20-10-13-5-6-14(18)9-15(13)17-12(3)7-11(2)8-16(17)19/h5-9,20H,4,10H2,1-3H3. The van der Waals surface area contributed by atoms with Gasteiger partial charge in [0.15, 0.2) is 0 Å². The summed E-state index contributed by atoms with van der Waals surface area (Å²) < 4.78 is 14.4. The van der Waals surface area contributed by atoms with E-state index in [1.165, 1.54) is 0 Å². The fraction of sp³-hybridized carbons (Fsp3) is 0.294. The summed E-state index contributed by atoms with van der Waals surface area (Å²) in [5.41, 5.74) is 4.43. The van der Waals surface area contributed by atoms with Gasteiger partial charge < -0.3 is 5.32 Å². The van der Waals surface area contributed by atoms with E-state index >= 15 is 0 Å². The van der Waals surface area contributed by atoms with Gasteiger partial charge in [-0.05, 0) is 60.8 Å². The van der Waals surface area contributed by atoms with E-state index < -0.39 is 0 Å². The van der Waals surface area contributed by atoms with E-state index in [0.29, 0.717) is 17.1 Å². The first-order valence-corrected chi connectivity index (χ1v) is 7.17. The average Bonchev–Trinajstić information content (AvgIpc) is 2.36. The monoisotopic (exact) mass is 291 g/mol. The van der Waals surface area contributed by atoms with Crippen LogP contribution < -0.4 is 5.32 Å². The molecular weight excluding hydrogens is 273 g/mol. The Morgan fingerprint density at radius 1 is 1.15 bits per heavy atom. The zero-order chi connectivity index (χ0) is 14.7. The summed E-state index contributed by atoms with van der Waals surface area (Å²) in [6.07, 6.45) is 0. The van der Waals surface area contributed by atoms with Crippen LogP contribution in [0.1, 0.15) is 23.6 Å². The number of aryl methyl sites for hydroxylation is 2. The Morgan fingerprint density at radius 3 is 2.55 bits per heavy atom. The summed E-state index contributed by atoms with van der Waals surface area (Å²) in [5.74, 6) is -0.192. The highest BCUT2D eigenvalue weighted by Gasteiger charge is 2.13. The van der Waals surface area contributed by atoms with Gasteiger partial charge in [-0.2, -0.15) is 0 Å². The van der Waals surface area contributed by atoms with Crippen molar-refractivity contribution in [2.75, 3.05) is 6.54 Å². The molecule has 0 amide bonds. The van der Waals surface area contributed by atoms with Crippen LogP contribution in [0.15, 0.2) is 30.3 Å². The van der Waals surface area contributed by atoms with E-state index in [9.17, 15) is 4.39 Å². The lowest BCUT2D eigenvalue weighted by Gasteiger charge is -2.14. The predicted octanol–water partition coefficient (Wildman–Crippen LogP) is 4.87. The van der Waals surface area contributed by atoms with Gasteiger partial charge in [0.25, 0.3) is 0 Å². The fourth-order valence-corrected chi connectivity index (χ4v) is 2.62. The molecule has 0 radical (unpaired) electrons. The highest BCUT2D eigenvalue weighted by molar-refractivity contribution is 6.30. The molecule has 0 saturated carbocycles. The van der Waals surface area contributed by atoms with Gasteiger partial charge in [0, 0.05) is 17.1 Å². The molecule has 0 aromatic heterocycles. The summed E-state index contributed by atoms with van der Waals surface area (Å²) in [5, 5.41) is 3.90. The van der Waals surface area contributed by atoms with Crippen molar-refractivity contribution in [1.29, 1.82) is 0 Å². The van der Waals surface area contributed by atoms with E-state index in [1.54, 1.807) is 6.07 Å². The van der Waals surface area contributed by atoms with Gasteiger partial charge in [0.05, 0.1) is 0 Å². The van der Waals surface area contributed by atoms with Gasteiger partial charge in [0.2, 0.25) is 0 Å². The van der Waals surface area contributed by atoms with E-state index in [0.717, 1.165) is 28.8 Å². The van der Waals surface area contributed by atoms with Crippen LogP contribution in [0.5, 0.6) is 0 Å². The lowest BCUT2D eigenvalue weighted by Crippen LogP contribution is -2.12. The van der Waals surface area contributed by atoms with Crippen molar-refractivity contribution >= 4 is 11.6 Å². The first-order chi connectivity index (χ1) is 9.52. The zero-order valence-electron chi connectivity index (χ0n) is 12.1. The summed E-state index contributed by atoms with van der Waals surface area (Å²) in [6, 6.07) is 9.21. The number of hydrogen-bond acceptors (Lipinski definition) is 1. The molecule has 0 unspecified atom stereocenters. The van der Waals surface area contributed by atoms with Crippen molar-refractivity contribution in [3.05, 3.63) is 57.9 Å². The number of halogens is 2. The Bertz CT molecular complexity index is 599. The smallest absolute Gasteiger partial charge is 0.131 e. The third kappa shape index (κ3) is 3.20. The fourth-order valence-electron chi connectivity index (χ4n) is 2.45. The molecule has 0 aliphatic carbocycles. The van der Waals surface area contributed by atoms with E-state index in [-0.39, 0.29) is 5.82 Å². The van der Waals surface area contributed by atoms with Crippen molar-refractivity contribution in [1.82, 2.24) is 5.32 Å². The Hall–Kier alpha value is -1.38. The molecule has 0 fully saturated rings. The first-order valence-electron chi connectivity index (χ1n) is 6.79. The molecule has 106 valence electrons. The highest BCUT2D eigenvalue weighted by Crippen LogP contribution is 2.32. The molecule has 0 saturated heterocycles. The van der Waals surface area contributed by atoms with Crippen LogP contribution in [0.2, 0.25) is 5.02 Å². The molecule has 2 aromatic carbocycles. The number of hydrogen-bond donors (Lipinski definition) is 1. The minimum absolute atomic E-state index is 0.192. The third-order valence-electron chi connectivity index (χ3n) is 3.34. The molecule has 0 bridgehead atoms. The average molecular weight is 292 g/mol. The lowest BCUT2D eigenvalue weighted by molar-refractivity contribution is 0.628. The van der Waals surface area contributed by atoms with Crippen LogP contribution in [-0.4, -0.2) is 6.54 Å². The van der Waals surface area contributed by atoms with E-state index in [1.807, 2.05) is 45.0 Å². The Morgan fingerprint density at radius 2 is 1.90 bits per heavy atom. The van der Waals surface area contributed by atoms with Crippen LogP contribution in [0.3, 0.4) is 0 Å². The zero-order valence-corrected chi connectivity index (χ0v) is 12.8. The van der Waals surface area contributed by atoms with Gasteiger partial charge in [0.1, 0.15) is 5.82 Å². The minimum Gasteiger partial charge on any atom is -0.313 e. The maximum absolute atomic E-state index is 14.4. The van der Waals surface area contributed by atoms with Gasteiger partial charge in [-0.25, -0.2) is 4.39 Å². The first kappa shape index (κ1) is 15.0. The second kappa shape index (κ2) is 6.38. The molecule has 3 heteroatoms. The van der Waals surface area contributed by atoms with Crippen molar-refractivity contribution < 1.29 is 4.39 Å². The number of rotatable bonds is 4. The lowest BCUT2D eigenvalue weighted by atomic mass is 9.94. The van der Waals surface area contributed by atoms with Crippen LogP contribution in [0, 0.1) is 19.7 Å². The molecule has 0 heterocycles. The van der Waals surface area contributed by atoms with Crippen LogP contribution in [0.4, 0.5) is 4.39 Å². The molecule has 1 nitrogen and oxygen atoms in total. The normalized spacial score (nSPS) is 10.8. The van der Waals surface area contributed by atoms with Gasteiger partial charge in [-0.3, -0.25) is 0 Å². The van der Waals surface area contributed by atoms with E-state index in [4.69, 9.17) is 11.6 Å². The number of benzene rings is 2. The van der Waals surface area contributed by atoms with Gasteiger partial charge in [-0.15, -0.1) is 0 Å². The maximum Gasteiger partial charge on any atom is 0.131 e. The second-order valence-corrected chi connectivity index (χ2v) is 5.46. The largest absolute Gasteiger partial charge is 0.313 e. The van der Waals surface area contributed by atoms with Crippen molar-refractivity contribution in [2.45, 2.75) is 27.3 Å². The highest BCUT2D eigenvalue weighted by atomic mass is 35.5. The van der Waals surface area contributed by atoms with Gasteiger partial charge >= 0.3 is 0 Å². The predicted molar refractivity (Wildman–Crippen MR) is 83.7 cm³/mol. The second-order valence-electron chi connectivity index (χ2n) is 5.02. The molecule has 0 spiro atoms. The molecule has 2 rings (SSSR count). The summed E-state index contributed by atoms with van der Waals surface area (Å²) in [7, 11) is 0. The SMILES string of the molecule is CCNCc1ccc(Cl)cc1-c1c(C)cc(C)cc1F. The van der Waals surface area contributed by atoms with Crippen molar-refractivity contribution in [2.24, 2.45) is 0 Å². The third-order valence-corrected chi connectivity index (χ3v) is 3.57. The van der Waals surface area contributed by atoms with Crippen molar-refractivity contribution in [3.8, 4) is 11.1 Å². The molecule has 20 heavy (non-hydrogen) atoms. The molecule has 1 N–H and O–H groups in total. The topological polar surface area (TPSA) is 12.0 Å². The van der Waals surface area contributed by atoms with Crippen LogP contribution in [0.25, 0.3) is 11.1 Å². The summed E-state index contributed by atoms with van der Waals surface area (Å²) >= 11 is 6.09. The minimum atomic E-state index is -0.192. The Kier molecular flexibility index (Phi) is 4.79. The number of nitrogens with one attached hydrogen (secondary N) is 1.